The Bertz CT molecular complexity index is 470. The highest BCUT2D eigenvalue weighted by Crippen LogP contribution is 2.36. The van der Waals surface area contributed by atoms with Gasteiger partial charge in [0, 0.05) is 0 Å². The molecule has 118 valence electrons. The van der Waals surface area contributed by atoms with Crippen LogP contribution < -0.4 is 0 Å². The molecule has 2 rings (SSSR count). The summed E-state index contributed by atoms with van der Waals surface area (Å²) < 4.78 is 7.14. The van der Waals surface area contributed by atoms with Crippen LogP contribution in [0, 0.1) is 5.92 Å². The van der Waals surface area contributed by atoms with Gasteiger partial charge in [-0.3, -0.25) is 0 Å². The molecule has 1 aromatic heterocycles. The molecular formula is C16H27N3O2. The van der Waals surface area contributed by atoms with Crippen molar-refractivity contribution in [2.45, 2.75) is 71.8 Å². The van der Waals surface area contributed by atoms with Gasteiger partial charge in [0.25, 0.3) is 0 Å². The zero-order valence-electron chi connectivity index (χ0n) is 13.5. The van der Waals surface area contributed by atoms with Gasteiger partial charge in [-0.25, -0.2) is 9.48 Å². The van der Waals surface area contributed by atoms with Crippen LogP contribution in [-0.4, -0.2) is 27.6 Å². The third-order valence-electron chi connectivity index (χ3n) is 4.45. The van der Waals surface area contributed by atoms with Gasteiger partial charge < -0.3 is 4.74 Å². The van der Waals surface area contributed by atoms with E-state index in [-0.39, 0.29) is 5.97 Å². The van der Waals surface area contributed by atoms with Gasteiger partial charge in [-0.05, 0) is 32.1 Å². The normalized spacial score (nSPS) is 22.2. The number of carbonyl (C=O) groups excluding carboxylic acids is 1. The van der Waals surface area contributed by atoms with Gasteiger partial charge in [0.15, 0.2) is 5.69 Å². The molecule has 1 aliphatic rings. The van der Waals surface area contributed by atoms with Crippen LogP contribution >= 0.6 is 0 Å². The monoisotopic (exact) mass is 293 g/mol. The second-order valence-corrected chi connectivity index (χ2v) is 5.82. The molecule has 21 heavy (non-hydrogen) atoms. The molecule has 0 N–H and O–H groups in total. The predicted octanol–water partition coefficient (Wildman–Crippen LogP) is 3.55. The molecular weight excluding hydrogens is 266 g/mol. The fraction of sp³-hybridized carbons (Fsp3) is 0.812. The molecule has 5 nitrogen and oxygen atoms in total. The zero-order valence-corrected chi connectivity index (χ0v) is 13.5. The summed E-state index contributed by atoms with van der Waals surface area (Å²) in [4.78, 5) is 12.0. The number of aromatic nitrogens is 3. The third kappa shape index (κ3) is 3.44. The van der Waals surface area contributed by atoms with Crippen molar-refractivity contribution in [2.75, 3.05) is 6.61 Å². The van der Waals surface area contributed by atoms with Crippen molar-refractivity contribution in [3.05, 3.63) is 11.4 Å². The molecule has 1 fully saturated rings. The van der Waals surface area contributed by atoms with Gasteiger partial charge in [-0.1, -0.05) is 44.7 Å². The molecule has 1 heterocycles. The van der Waals surface area contributed by atoms with Crippen LogP contribution in [0.3, 0.4) is 0 Å². The Labute approximate surface area is 127 Å². The highest BCUT2D eigenvalue weighted by Gasteiger charge is 2.30. The van der Waals surface area contributed by atoms with Crippen molar-refractivity contribution in [1.29, 1.82) is 0 Å². The highest BCUT2D eigenvalue weighted by atomic mass is 16.5. The summed E-state index contributed by atoms with van der Waals surface area (Å²) in [6.45, 7) is 6.55. The van der Waals surface area contributed by atoms with E-state index in [0.29, 0.717) is 24.3 Å². The van der Waals surface area contributed by atoms with Crippen LogP contribution in [0.2, 0.25) is 0 Å². The first kappa shape index (κ1) is 16.0. The maximum Gasteiger partial charge on any atom is 0.360 e. The quantitative estimate of drug-likeness (QED) is 0.753. The van der Waals surface area contributed by atoms with Crippen LogP contribution in [0.5, 0.6) is 0 Å². The summed E-state index contributed by atoms with van der Waals surface area (Å²) in [5.41, 5.74) is 1.38. The van der Waals surface area contributed by atoms with Crippen LogP contribution in [0.15, 0.2) is 0 Å². The maximum absolute atomic E-state index is 12.0. The Morgan fingerprint density at radius 3 is 2.71 bits per heavy atom. The number of carbonyl (C=O) groups is 1. The largest absolute Gasteiger partial charge is 0.461 e. The van der Waals surface area contributed by atoms with E-state index in [2.05, 4.69) is 24.2 Å². The van der Waals surface area contributed by atoms with E-state index in [1.165, 1.54) is 19.3 Å². The number of hydrogen-bond acceptors (Lipinski definition) is 4. The Hall–Kier alpha value is -1.39. The van der Waals surface area contributed by atoms with Crippen molar-refractivity contribution in [2.24, 2.45) is 5.92 Å². The predicted molar refractivity (Wildman–Crippen MR) is 81.3 cm³/mol. The van der Waals surface area contributed by atoms with E-state index < -0.39 is 0 Å². The molecule has 5 heteroatoms. The molecule has 1 saturated carbocycles. The van der Waals surface area contributed by atoms with E-state index in [4.69, 9.17) is 4.74 Å². The van der Waals surface area contributed by atoms with E-state index in [0.717, 1.165) is 31.4 Å². The van der Waals surface area contributed by atoms with Crippen molar-refractivity contribution in [3.8, 4) is 0 Å². The van der Waals surface area contributed by atoms with Crippen molar-refractivity contribution in [3.63, 3.8) is 0 Å². The van der Waals surface area contributed by atoms with Gasteiger partial charge in [-0.15, -0.1) is 5.10 Å². The minimum atomic E-state index is -0.337. The van der Waals surface area contributed by atoms with Crippen LogP contribution in [-0.2, 0) is 11.2 Å². The number of rotatable bonds is 6. The van der Waals surface area contributed by atoms with Crippen molar-refractivity contribution < 1.29 is 9.53 Å². The smallest absolute Gasteiger partial charge is 0.360 e. The number of ether oxygens (including phenoxy) is 1. The van der Waals surface area contributed by atoms with Crippen LogP contribution in [0.4, 0.5) is 0 Å². The molecule has 0 aromatic carbocycles. The average molecular weight is 293 g/mol. The molecule has 2 atom stereocenters. The molecule has 0 aliphatic heterocycles. The fourth-order valence-electron chi connectivity index (χ4n) is 3.39. The standard InChI is InChI=1S/C16H27N3O2/c1-4-9-14-15(16(20)21-6-3)17-18-19(14)13-11-8-7-10-12(13)5-2/h12-13H,4-11H2,1-3H3. The van der Waals surface area contributed by atoms with Gasteiger partial charge in [0.1, 0.15) is 0 Å². The first-order valence-electron chi connectivity index (χ1n) is 8.34. The Morgan fingerprint density at radius 1 is 1.29 bits per heavy atom. The van der Waals surface area contributed by atoms with Gasteiger partial charge in [0.05, 0.1) is 18.3 Å². The first-order chi connectivity index (χ1) is 10.2. The zero-order chi connectivity index (χ0) is 15.2. The Morgan fingerprint density at radius 2 is 2.05 bits per heavy atom. The lowest BCUT2D eigenvalue weighted by atomic mass is 9.83. The van der Waals surface area contributed by atoms with Crippen molar-refractivity contribution in [1.82, 2.24) is 15.0 Å². The topological polar surface area (TPSA) is 57.0 Å². The summed E-state index contributed by atoms with van der Waals surface area (Å²) in [7, 11) is 0. The van der Waals surface area contributed by atoms with E-state index >= 15 is 0 Å². The van der Waals surface area contributed by atoms with Gasteiger partial charge in [-0.2, -0.15) is 0 Å². The number of hydrogen-bond donors (Lipinski definition) is 0. The SMILES string of the molecule is CCCc1c(C(=O)OCC)nnn1C1CCCCC1CC. The summed E-state index contributed by atoms with van der Waals surface area (Å²) >= 11 is 0. The average Bonchev–Trinajstić information content (AvgIpc) is 2.91. The Kier molecular flexibility index (Phi) is 5.76. The lowest BCUT2D eigenvalue weighted by molar-refractivity contribution is 0.0517. The molecule has 1 aliphatic carbocycles. The molecule has 0 spiro atoms. The van der Waals surface area contributed by atoms with E-state index in [1.807, 2.05) is 11.6 Å². The van der Waals surface area contributed by atoms with Gasteiger partial charge in [0.2, 0.25) is 0 Å². The lowest BCUT2D eigenvalue weighted by Crippen LogP contribution is -2.25. The molecule has 1 aromatic rings. The van der Waals surface area contributed by atoms with E-state index in [9.17, 15) is 4.79 Å². The van der Waals surface area contributed by atoms with Crippen LogP contribution in [0.25, 0.3) is 0 Å². The molecule has 0 amide bonds. The second-order valence-electron chi connectivity index (χ2n) is 5.82. The minimum absolute atomic E-state index is 0.337. The Balaban J connectivity index is 2.31. The van der Waals surface area contributed by atoms with E-state index in [1.54, 1.807) is 0 Å². The lowest BCUT2D eigenvalue weighted by Gasteiger charge is -2.31. The second kappa shape index (κ2) is 7.57. The minimum Gasteiger partial charge on any atom is -0.461 e. The summed E-state index contributed by atoms with van der Waals surface area (Å²) in [5.74, 6) is 0.308. The summed E-state index contributed by atoms with van der Waals surface area (Å²) in [6, 6.07) is 0.390. The third-order valence-corrected chi connectivity index (χ3v) is 4.45. The number of esters is 1. The summed E-state index contributed by atoms with van der Waals surface area (Å²) in [6.07, 6.45) is 7.89. The summed E-state index contributed by atoms with van der Waals surface area (Å²) in [5, 5.41) is 8.46. The number of nitrogens with zero attached hydrogens (tertiary/aromatic N) is 3. The molecule has 0 bridgehead atoms. The molecule has 0 radical (unpaired) electrons. The maximum atomic E-state index is 12.0. The molecule has 2 unspecified atom stereocenters. The first-order valence-corrected chi connectivity index (χ1v) is 8.34. The fourth-order valence-corrected chi connectivity index (χ4v) is 3.39. The van der Waals surface area contributed by atoms with Gasteiger partial charge >= 0.3 is 5.97 Å². The van der Waals surface area contributed by atoms with Crippen LogP contribution in [0.1, 0.15) is 81.5 Å². The molecule has 0 saturated heterocycles. The van der Waals surface area contributed by atoms with Crippen molar-refractivity contribution >= 4 is 5.97 Å². The highest BCUT2D eigenvalue weighted by molar-refractivity contribution is 5.88.